The van der Waals surface area contributed by atoms with Crippen LogP contribution < -0.4 is 5.32 Å². The lowest BCUT2D eigenvalue weighted by atomic mass is 9.79. The number of benzene rings is 1. The summed E-state index contributed by atoms with van der Waals surface area (Å²) in [5.74, 6) is 0.108. The zero-order valence-electron chi connectivity index (χ0n) is 18.6. The normalized spacial score (nSPS) is 20.9. The summed E-state index contributed by atoms with van der Waals surface area (Å²) in [6.45, 7) is 8.24. The molecule has 0 saturated carbocycles. The van der Waals surface area contributed by atoms with Gasteiger partial charge < -0.3 is 34.5 Å². The Bertz CT molecular complexity index is 707. The van der Waals surface area contributed by atoms with Crippen molar-refractivity contribution < 1.29 is 34.0 Å². The number of carbonyl (C=O) groups excluding carboxylic acids is 1. The maximum absolute atomic E-state index is 12.8. The second-order valence-electron chi connectivity index (χ2n) is 7.67. The summed E-state index contributed by atoms with van der Waals surface area (Å²) >= 11 is 0. The average molecular weight is 438 g/mol. The molecule has 0 unspecified atom stereocenters. The van der Waals surface area contributed by atoms with Gasteiger partial charge in [0.1, 0.15) is 5.75 Å². The molecule has 3 N–H and O–H groups in total. The Morgan fingerprint density at radius 2 is 1.87 bits per heavy atom. The number of amides is 1. The van der Waals surface area contributed by atoms with Crippen LogP contribution in [0.4, 0.5) is 5.69 Å². The number of para-hydroxylation sites is 2. The van der Waals surface area contributed by atoms with Crippen LogP contribution in [0.3, 0.4) is 0 Å². The Morgan fingerprint density at radius 3 is 2.52 bits per heavy atom. The summed E-state index contributed by atoms with van der Waals surface area (Å²) in [7, 11) is 0. The fourth-order valence-corrected chi connectivity index (χ4v) is 3.57. The molecule has 3 atom stereocenters. The molecule has 8 nitrogen and oxygen atoms in total. The predicted molar refractivity (Wildman–Crippen MR) is 116 cm³/mol. The van der Waals surface area contributed by atoms with Crippen LogP contribution in [0.15, 0.2) is 36.1 Å². The maximum atomic E-state index is 12.8. The molecule has 0 bridgehead atoms. The van der Waals surface area contributed by atoms with Gasteiger partial charge in [0.15, 0.2) is 5.76 Å². The highest BCUT2D eigenvalue weighted by molar-refractivity contribution is 6.03. The van der Waals surface area contributed by atoms with Crippen LogP contribution in [0.5, 0.6) is 5.75 Å². The van der Waals surface area contributed by atoms with Gasteiger partial charge in [0, 0.05) is 19.1 Å². The second-order valence-corrected chi connectivity index (χ2v) is 7.67. The van der Waals surface area contributed by atoms with E-state index in [-0.39, 0.29) is 35.9 Å². The number of rotatable bonds is 13. The highest BCUT2D eigenvalue weighted by Gasteiger charge is 2.38. The molecule has 0 fully saturated rings. The minimum absolute atomic E-state index is 0.00233. The summed E-state index contributed by atoms with van der Waals surface area (Å²) < 4.78 is 22.6. The number of anilines is 1. The van der Waals surface area contributed by atoms with Crippen molar-refractivity contribution in [2.75, 3.05) is 45.0 Å². The SMILES string of the molecule is CCO[C@H]1OC(C(=O)Nc2ccccc2O)=C[C@@H](C(C)C)[C@@H]1CCOCCOCCO. The Labute approximate surface area is 184 Å². The number of nitrogens with one attached hydrogen (secondary N) is 1. The van der Waals surface area contributed by atoms with Crippen LogP contribution in [-0.4, -0.2) is 62.1 Å². The van der Waals surface area contributed by atoms with Gasteiger partial charge in [-0.25, -0.2) is 0 Å². The standard InChI is InChI=1S/C23H35NO7/c1-4-30-23-17(9-11-28-13-14-29-12-10-25)18(16(2)3)15-21(31-23)22(27)24-19-7-5-6-8-20(19)26/h5-8,15-18,23,25-26H,4,9-14H2,1-3H3,(H,24,27)/t17-,18-,23-/m0/s1. The van der Waals surface area contributed by atoms with Crippen LogP contribution in [0, 0.1) is 17.8 Å². The lowest BCUT2D eigenvalue weighted by molar-refractivity contribution is -0.175. The molecule has 1 aromatic carbocycles. The van der Waals surface area contributed by atoms with E-state index in [1.54, 1.807) is 18.2 Å². The molecular formula is C23H35NO7. The first-order chi connectivity index (χ1) is 15.0. The molecule has 1 aromatic rings. The average Bonchev–Trinajstić information content (AvgIpc) is 2.75. The van der Waals surface area contributed by atoms with E-state index in [2.05, 4.69) is 19.2 Å². The second kappa shape index (κ2) is 13.3. The Kier molecular flexibility index (Phi) is 10.8. The van der Waals surface area contributed by atoms with Gasteiger partial charge in [-0.3, -0.25) is 4.79 Å². The van der Waals surface area contributed by atoms with E-state index in [0.29, 0.717) is 45.1 Å². The Hall–Kier alpha value is -2.13. The molecule has 8 heteroatoms. The number of aliphatic hydroxyl groups is 1. The minimum Gasteiger partial charge on any atom is -0.506 e. The smallest absolute Gasteiger partial charge is 0.290 e. The highest BCUT2D eigenvalue weighted by Crippen LogP contribution is 2.37. The fraction of sp³-hybridized carbons (Fsp3) is 0.609. The van der Waals surface area contributed by atoms with E-state index in [0.717, 1.165) is 0 Å². The predicted octanol–water partition coefficient (Wildman–Crippen LogP) is 2.91. The van der Waals surface area contributed by atoms with Crippen LogP contribution in [0.25, 0.3) is 0 Å². The van der Waals surface area contributed by atoms with Gasteiger partial charge in [-0.15, -0.1) is 0 Å². The number of carbonyl (C=O) groups is 1. The molecular weight excluding hydrogens is 402 g/mol. The van der Waals surface area contributed by atoms with Crippen LogP contribution in [0.1, 0.15) is 27.2 Å². The van der Waals surface area contributed by atoms with E-state index in [1.807, 2.05) is 13.0 Å². The Balaban J connectivity index is 2.04. The summed E-state index contributed by atoms with van der Waals surface area (Å²) in [5.41, 5.74) is 0.324. The molecule has 0 aliphatic carbocycles. The molecule has 174 valence electrons. The summed E-state index contributed by atoms with van der Waals surface area (Å²) in [5, 5.41) is 21.3. The molecule has 1 heterocycles. The van der Waals surface area contributed by atoms with Crippen LogP contribution >= 0.6 is 0 Å². The first-order valence-electron chi connectivity index (χ1n) is 10.8. The van der Waals surface area contributed by atoms with E-state index in [9.17, 15) is 9.90 Å². The quantitative estimate of drug-likeness (QED) is 0.322. The van der Waals surface area contributed by atoms with Gasteiger partial charge in [-0.05, 0) is 43.4 Å². The van der Waals surface area contributed by atoms with Gasteiger partial charge in [0.05, 0.1) is 32.1 Å². The van der Waals surface area contributed by atoms with Crippen molar-refractivity contribution in [3.05, 3.63) is 36.1 Å². The molecule has 31 heavy (non-hydrogen) atoms. The lowest BCUT2D eigenvalue weighted by Crippen LogP contribution is -2.40. The lowest BCUT2D eigenvalue weighted by Gasteiger charge is -2.38. The topological polar surface area (TPSA) is 106 Å². The minimum atomic E-state index is -0.568. The van der Waals surface area contributed by atoms with E-state index in [1.165, 1.54) is 6.07 Å². The molecule has 0 saturated heterocycles. The summed E-state index contributed by atoms with van der Waals surface area (Å²) in [4.78, 5) is 12.8. The fourth-order valence-electron chi connectivity index (χ4n) is 3.57. The molecule has 1 aliphatic rings. The number of aliphatic hydroxyl groups excluding tert-OH is 1. The van der Waals surface area contributed by atoms with Crippen molar-refractivity contribution in [2.24, 2.45) is 17.8 Å². The highest BCUT2D eigenvalue weighted by atomic mass is 16.7. The third kappa shape index (κ3) is 7.81. The van der Waals surface area contributed by atoms with Crippen molar-refractivity contribution >= 4 is 11.6 Å². The molecule has 1 aliphatic heterocycles. The zero-order valence-corrected chi connectivity index (χ0v) is 18.6. The van der Waals surface area contributed by atoms with E-state index in [4.69, 9.17) is 24.1 Å². The number of hydrogen-bond acceptors (Lipinski definition) is 7. The number of ether oxygens (including phenoxy) is 4. The molecule has 0 aromatic heterocycles. The number of aromatic hydroxyl groups is 1. The van der Waals surface area contributed by atoms with Crippen molar-refractivity contribution in [3.63, 3.8) is 0 Å². The zero-order chi connectivity index (χ0) is 22.6. The van der Waals surface area contributed by atoms with Crippen molar-refractivity contribution in [2.45, 2.75) is 33.5 Å². The third-order valence-corrected chi connectivity index (χ3v) is 5.11. The van der Waals surface area contributed by atoms with Crippen molar-refractivity contribution in [1.29, 1.82) is 0 Å². The largest absolute Gasteiger partial charge is 0.506 e. The number of allylic oxidation sites excluding steroid dienone is 1. The van der Waals surface area contributed by atoms with Gasteiger partial charge >= 0.3 is 0 Å². The molecule has 2 rings (SSSR count). The number of hydrogen-bond donors (Lipinski definition) is 3. The molecule has 0 spiro atoms. The monoisotopic (exact) mass is 437 g/mol. The number of phenols is 1. The van der Waals surface area contributed by atoms with Crippen LogP contribution in [-0.2, 0) is 23.7 Å². The maximum Gasteiger partial charge on any atom is 0.290 e. The van der Waals surface area contributed by atoms with Gasteiger partial charge in [0.25, 0.3) is 5.91 Å². The summed E-state index contributed by atoms with van der Waals surface area (Å²) in [6.07, 6.45) is 1.99. The van der Waals surface area contributed by atoms with Gasteiger partial charge in [0.2, 0.25) is 6.29 Å². The molecule has 0 radical (unpaired) electrons. The Morgan fingerprint density at radius 1 is 1.16 bits per heavy atom. The first kappa shape index (κ1) is 25.1. The van der Waals surface area contributed by atoms with E-state index < -0.39 is 12.2 Å². The van der Waals surface area contributed by atoms with E-state index >= 15 is 0 Å². The number of phenolic OH excluding ortho intramolecular Hbond substituents is 1. The van der Waals surface area contributed by atoms with Gasteiger partial charge in [-0.1, -0.05) is 26.0 Å². The summed E-state index contributed by atoms with van der Waals surface area (Å²) in [6, 6.07) is 6.56. The van der Waals surface area contributed by atoms with Crippen molar-refractivity contribution in [1.82, 2.24) is 0 Å². The van der Waals surface area contributed by atoms with Gasteiger partial charge in [-0.2, -0.15) is 0 Å². The third-order valence-electron chi connectivity index (χ3n) is 5.11. The van der Waals surface area contributed by atoms with Crippen LogP contribution in [0.2, 0.25) is 0 Å². The molecule has 1 amide bonds. The first-order valence-corrected chi connectivity index (χ1v) is 10.8. The van der Waals surface area contributed by atoms with Crippen molar-refractivity contribution in [3.8, 4) is 5.75 Å².